The predicted octanol–water partition coefficient (Wildman–Crippen LogP) is 5.07. The molecular weight excluding hydrogens is 354 g/mol. The van der Waals surface area contributed by atoms with Crippen molar-refractivity contribution in [3.63, 3.8) is 0 Å². The number of likely N-dealkylation sites (tertiary alicyclic amines) is 1. The molecule has 1 atom stereocenters. The molecule has 3 aromatic heterocycles. The van der Waals surface area contributed by atoms with E-state index in [0.29, 0.717) is 17.6 Å². The molecule has 0 aliphatic carbocycles. The average Bonchev–Trinajstić information content (AvgIpc) is 3.41. The van der Waals surface area contributed by atoms with Crippen LogP contribution in [0, 0.1) is 13.8 Å². The van der Waals surface area contributed by atoms with Gasteiger partial charge in [0.15, 0.2) is 17.2 Å². The minimum atomic E-state index is 0.306. The van der Waals surface area contributed by atoms with E-state index in [0.717, 1.165) is 66.7 Å². The normalized spacial score (nSPS) is 18.1. The van der Waals surface area contributed by atoms with E-state index in [1.165, 1.54) is 0 Å². The van der Waals surface area contributed by atoms with Crippen LogP contribution in [0.15, 0.2) is 49.6 Å². The van der Waals surface area contributed by atoms with Crippen molar-refractivity contribution in [2.24, 2.45) is 0 Å². The van der Waals surface area contributed by atoms with Crippen molar-refractivity contribution in [2.45, 2.75) is 39.2 Å². The van der Waals surface area contributed by atoms with Crippen LogP contribution >= 0.6 is 0 Å². The SMILES string of the molecule is Cc1ccc(-c2nc(CN3CCC[C@H](c4nc5ccccc5o4)C3)c(C)o2)o1. The molecule has 0 unspecified atom stereocenters. The lowest BCUT2D eigenvalue weighted by Crippen LogP contribution is -2.34. The number of fused-ring (bicyclic) bond motifs is 1. The van der Waals surface area contributed by atoms with Gasteiger partial charge in [0.2, 0.25) is 0 Å². The quantitative estimate of drug-likeness (QED) is 0.494. The lowest BCUT2D eigenvalue weighted by molar-refractivity contribution is 0.185. The number of furan rings is 1. The molecule has 5 rings (SSSR count). The zero-order chi connectivity index (χ0) is 19.1. The highest BCUT2D eigenvalue weighted by molar-refractivity contribution is 5.72. The molecule has 6 heteroatoms. The summed E-state index contributed by atoms with van der Waals surface area (Å²) in [5.74, 6) is 4.07. The Morgan fingerprint density at radius 3 is 2.75 bits per heavy atom. The largest absolute Gasteiger partial charge is 0.456 e. The van der Waals surface area contributed by atoms with Crippen LogP contribution in [0.25, 0.3) is 22.8 Å². The van der Waals surface area contributed by atoms with Crippen molar-refractivity contribution < 1.29 is 13.3 Å². The first-order chi connectivity index (χ1) is 13.7. The summed E-state index contributed by atoms with van der Waals surface area (Å²) in [5, 5.41) is 0. The molecule has 144 valence electrons. The van der Waals surface area contributed by atoms with E-state index < -0.39 is 0 Å². The first-order valence-corrected chi connectivity index (χ1v) is 9.76. The number of hydrogen-bond acceptors (Lipinski definition) is 6. The molecule has 1 aromatic carbocycles. The molecule has 4 aromatic rings. The highest BCUT2D eigenvalue weighted by Gasteiger charge is 2.27. The minimum Gasteiger partial charge on any atom is -0.456 e. The fourth-order valence-corrected chi connectivity index (χ4v) is 3.91. The highest BCUT2D eigenvalue weighted by Crippen LogP contribution is 2.30. The summed E-state index contributed by atoms with van der Waals surface area (Å²) in [6.45, 7) is 6.59. The Balaban J connectivity index is 1.32. The minimum absolute atomic E-state index is 0.306. The van der Waals surface area contributed by atoms with Crippen LogP contribution in [0.3, 0.4) is 0 Å². The van der Waals surface area contributed by atoms with Crippen molar-refractivity contribution >= 4 is 11.1 Å². The van der Waals surface area contributed by atoms with Gasteiger partial charge in [-0.05, 0) is 57.5 Å². The number of rotatable bonds is 4. The number of aromatic nitrogens is 2. The second-order valence-electron chi connectivity index (χ2n) is 7.53. The molecule has 1 fully saturated rings. The van der Waals surface area contributed by atoms with E-state index in [2.05, 4.69) is 9.88 Å². The van der Waals surface area contributed by atoms with Crippen LogP contribution in [-0.2, 0) is 6.54 Å². The van der Waals surface area contributed by atoms with Gasteiger partial charge in [-0.3, -0.25) is 4.90 Å². The Morgan fingerprint density at radius 1 is 1.04 bits per heavy atom. The maximum atomic E-state index is 6.01. The van der Waals surface area contributed by atoms with E-state index in [4.69, 9.17) is 18.2 Å². The third-order valence-corrected chi connectivity index (χ3v) is 5.38. The standard InChI is InChI=1S/C22H23N3O3/c1-14-9-10-20(26-14)22-24-18(15(2)27-22)13-25-11-5-6-16(12-25)21-23-17-7-3-4-8-19(17)28-21/h3-4,7-10,16H,5-6,11-13H2,1-2H3/t16-/m0/s1. The van der Waals surface area contributed by atoms with Crippen molar-refractivity contribution in [1.29, 1.82) is 0 Å². The van der Waals surface area contributed by atoms with Gasteiger partial charge in [-0.15, -0.1) is 0 Å². The zero-order valence-corrected chi connectivity index (χ0v) is 16.1. The molecule has 0 radical (unpaired) electrons. The van der Waals surface area contributed by atoms with Gasteiger partial charge in [-0.25, -0.2) is 9.97 Å². The van der Waals surface area contributed by atoms with Crippen LogP contribution in [0.2, 0.25) is 0 Å². The molecule has 0 spiro atoms. The van der Waals surface area contributed by atoms with Crippen molar-refractivity contribution in [2.75, 3.05) is 13.1 Å². The second kappa shape index (κ2) is 6.95. The number of benzene rings is 1. The topological polar surface area (TPSA) is 68.4 Å². The van der Waals surface area contributed by atoms with Crippen LogP contribution in [0.1, 0.15) is 41.9 Å². The van der Waals surface area contributed by atoms with Gasteiger partial charge in [0.05, 0.1) is 5.69 Å². The van der Waals surface area contributed by atoms with Gasteiger partial charge >= 0.3 is 0 Å². The van der Waals surface area contributed by atoms with Gasteiger partial charge in [0, 0.05) is 19.0 Å². The molecular formula is C22H23N3O3. The van der Waals surface area contributed by atoms with Gasteiger partial charge in [-0.2, -0.15) is 0 Å². The summed E-state index contributed by atoms with van der Waals surface area (Å²) < 4.78 is 17.5. The Bertz CT molecular complexity index is 1070. The summed E-state index contributed by atoms with van der Waals surface area (Å²) in [4.78, 5) is 11.8. The van der Waals surface area contributed by atoms with E-state index in [1.807, 2.05) is 50.2 Å². The average molecular weight is 377 g/mol. The molecule has 6 nitrogen and oxygen atoms in total. The summed E-state index contributed by atoms with van der Waals surface area (Å²) >= 11 is 0. The summed E-state index contributed by atoms with van der Waals surface area (Å²) in [6, 6.07) is 11.8. The third kappa shape index (κ3) is 3.24. The molecule has 0 amide bonds. The highest BCUT2D eigenvalue weighted by atomic mass is 16.4. The predicted molar refractivity (Wildman–Crippen MR) is 105 cm³/mol. The molecule has 1 saturated heterocycles. The maximum absolute atomic E-state index is 6.01. The van der Waals surface area contributed by atoms with Gasteiger partial charge in [-0.1, -0.05) is 12.1 Å². The molecule has 1 aliphatic rings. The number of nitrogens with zero attached hydrogens (tertiary/aromatic N) is 3. The number of piperidine rings is 1. The Morgan fingerprint density at radius 2 is 1.93 bits per heavy atom. The number of aryl methyl sites for hydroxylation is 2. The zero-order valence-electron chi connectivity index (χ0n) is 16.1. The fraction of sp³-hybridized carbons (Fsp3) is 0.364. The van der Waals surface area contributed by atoms with Gasteiger partial charge in [0.1, 0.15) is 17.0 Å². The van der Waals surface area contributed by atoms with Gasteiger partial charge in [0.25, 0.3) is 5.89 Å². The monoisotopic (exact) mass is 377 g/mol. The Hall–Kier alpha value is -2.86. The van der Waals surface area contributed by atoms with E-state index in [-0.39, 0.29) is 0 Å². The lowest BCUT2D eigenvalue weighted by atomic mass is 9.98. The number of para-hydroxylation sites is 2. The molecule has 0 N–H and O–H groups in total. The molecule has 28 heavy (non-hydrogen) atoms. The van der Waals surface area contributed by atoms with E-state index >= 15 is 0 Å². The van der Waals surface area contributed by atoms with E-state index in [1.54, 1.807) is 0 Å². The molecule has 1 aliphatic heterocycles. The summed E-state index contributed by atoms with van der Waals surface area (Å²) in [5.41, 5.74) is 2.75. The number of oxazole rings is 2. The third-order valence-electron chi connectivity index (χ3n) is 5.38. The Kier molecular flexibility index (Phi) is 4.28. The maximum Gasteiger partial charge on any atom is 0.263 e. The molecule has 4 heterocycles. The smallest absolute Gasteiger partial charge is 0.263 e. The molecule has 0 saturated carbocycles. The summed E-state index contributed by atoms with van der Waals surface area (Å²) in [6.07, 6.45) is 2.21. The molecule has 0 bridgehead atoms. The van der Waals surface area contributed by atoms with Crippen LogP contribution in [0.4, 0.5) is 0 Å². The number of hydrogen-bond donors (Lipinski definition) is 0. The first kappa shape index (κ1) is 17.3. The van der Waals surface area contributed by atoms with Crippen molar-refractivity contribution in [3.8, 4) is 11.7 Å². The van der Waals surface area contributed by atoms with Crippen molar-refractivity contribution in [1.82, 2.24) is 14.9 Å². The first-order valence-electron chi connectivity index (χ1n) is 9.76. The van der Waals surface area contributed by atoms with Crippen LogP contribution < -0.4 is 0 Å². The second-order valence-corrected chi connectivity index (χ2v) is 7.53. The van der Waals surface area contributed by atoms with E-state index in [9.17, 15) is 0 Å². The fourth-order valence-electron chi connectivity index (χ4n) is 3.91. The van der Waals surface area contributed by atoms with Crippen LogP contribution in [-0.4, -0.2) is 28.0 Å². The Labute approximate surface area is 163 Å². The lowest BCUT2D eigenvalue weighted by Gasteiger charge is -2.30. The van der Waals surface area contributed by atoms with Crippen molar-refractivity contribution in [3.05, 3.63) is 59.5 Å². The summed E-state index contributed by atoms with van der Waals surface area (Å²) in [7, 11) is 0. The van der Waals surface area contributed by atoms with Crippen LogP contribution in [0.5, 0.6) is 0 Å². The van der Waals surface area contributed by atoms with Gasteiger partial charge < -0.3 is 13.3 Å².